The molecule has 2 heterocycles. The van der Waals surface area contributed by atoms with Crippen molar-refractivity contribution in [1.29, 1.82) is 0 Å². The summed E-state index contributed by atoms with van der Waals surface area (Å²) in [7, 11) is -3.12. The third-order valence-corrected chi connectivity index (χ3v) is 6.82. The first-order valence-corrected chi connectivity index (χ1v) is 11.2. The fourth-order valence-corrected chi connectivity index (χ4v) is 4.94. The predicted octanol–water partition coefficient (Wildman–Crippen LogP) is 2.16. The highest BCUT2D eigenvalue weighted by Crippen LogP contribution is 2.22. The highest BCUT2D eigenvalue weighted by Gasteiger charge is 2.25. The molecule has 1 aromatic carbocycles. The Morgan fingerprint density at radius 2 is 2.04 bits per heavy atom. The maximum atomic E-state index is 12.1. The summed E-state index contributed by atoms with van der Waals surface area (Å²) >= 11 is 1.68. The van der Waals surface area contributed by atoms with Crippen LogP contribution in [0.25, 0.3) is 10.2 Å². The van der Waals surface area contributed by atoms with Crippen molar-refractivity contribution in [1.82, 2.24) is 14.6 Å². The number of hydrogen-bond donors (Lipinski definition) is 1. The molecule has 1 saturated heterocycles. The smallest absolute Gasteiger partial charge is 0.220 e. The Hall–Kier alpha value is -1.51. The van der Waals surface area contributed by atoms with Gasteiger partial charge in [-0.15, -0.1) is 11.3 Å². The van der Waals surface area contributed by atoms with E-state index in [4.69, 9.17) is 0 Å². The van der Waals surface area contributed by atoms with Gasteiger partial charge in [-0.25, -0.2) is 17.7 Å². The first-order chi connectivity index (χ1) is 11.9. The van der Waals surface area contributed by atoms with Crippen molar-refractivity contribution in [3.8, 4) is 0 Å². The second-order valence-electron chi connectivity index (χ2n) is 6.43. The molecule has 6 nitrogen and oxygen atoms in total. The Morgan fingerprint density at radius 3 is 2.72 bits per heavy atom. The van der Waals surface area contributed by atoms with Gasteiger partial charge in [-0.05, 0) is 37.8 Å². The number of benzene rings is 1. The molecular weight excluding hydrogens is 358 g/mol. The van der Waals surface area contributed by atoms with Crippen LogP contribution in [0.1, 0.15) is 30.7 Å². The zero-order chi connectivity index (χ0) is 17.9. The van der Waals surface area contributed by atoms with E-state index in [9.17, 15) is 13.2 Å². The van der Waals surface area contributed by atoms with Gasteiger partial charge >= 0.3 is 0 Å². The van der Waals surface area contributed by atoms with E-state index < -0.39 is 10.0 Å². The van der Waals surface area contributed by atoms with Crippen molar-refractivity contribution in [3.05, 3.63) is 29.3 Å². The number of hydrogen-bond acceptors (Lipinski definition) is 5. The number of nitrogens with one attached hydrogen (secondary N) is 1. The Labute approximate surface area is 152 Å². The summed E-state index contributed by atoms with van der Waals surface area (Å²) in [5.74, 6) is 0.0407. The molecule has 1 aromatic heterocycles. The second-order valence-corrected chi connectivity index (χ2v) is 9.53. The molecule has 0 radical (unpaired) electrons. The monoisotopic (exact) mass is 381 g/mol. The minimum Gasteiger partial charge on any atom is -0.353 e. The molecule has 3 rings (SSSR count). The number of carbonyl (C=O) groups is 1. The minimum atomic E-state index is -3.12. The van der Waals surface area contributed by atoms with Crippen molar-refractivity contribution in [2.75, 3.05) is 19.3 Å². The number of para-hydroxylation sites is 1. The average Bonchev–Trinajstić information content (AvgIpc) is 2.97. The molecule has 25 heavy (non-hydrogen) atoms. The number of rotatable bonds is 6. The number of sulfonamides is 1. The first kappa shape index (κ1) is 18.3. The zero-order valence-electron chi connectivity index (χ0n) is 14.3. The van der Waals surface area contributed by atoms with Crippen LogP contribution in [0.4, 0.5) is 0 Å². The maximum absolute atomic E-state index is 12.1. The van der Waals surface area contributed by atoms with E-state index in [2.05, 4.69) is 16.4 Å². The van der Waals surface area contributed by atoms with Gasteiger partial charge in [0.25, 0.3) is 0 Å². The van der Waals surface area contributed by atoms with E-state index in [1.165, 1.54) is 15.3 Å². The van der Waals surface area contributed by atoms with Crippen molar-refractivity contribution < 1.29 is 13.2 Å². The molecule has 1 aliphatic heterocycles. The molecule has 8 heteroatoms. The van der Waals surface area contributed by atoms with Crippen LogP contribution in [0, 0.1) is 0 Å². The van der Waals surface area contributed by atoms with Gasteiger partial charge in [0.05, 0.1) is 21.5 Å². The normalized spacial score (nSPS) is 17.0. The topological polar surface area (TPSA) is 79.4 Å². The fourth-order valence-electron chi connectivity index (χ4n) is 3.06. The fraction of sp³-hybridized carbons (Fsp3) is 0.529. The second kappa shape index (κ2) is 7.80. The molecule has 0 bridgehead atoms. The number of aromatic nitrogens is 1. The van der Waals surface area contributed by atoms with Crippen molar-refractivity contribution in [2.45, 2.75) is 38.1 Å². The van der Waals surface area contributed by atoms with Crippen LogP contribution in [0.5, 0.6) is 0 Å². The van der Waals surface area contributed by atoms with Gasteiger partial charge in [0.1, 0.15) is 0 Å². The lowest BCUT2D eigenvalue weighted by Crippen LogP contribution is -2.46. The number of thiazole rings is 1. The lowest BCUT2D eigenvalue weighted by Gasteiger charge is -2.30. The van der Waals surface area contributed by atoms with Crippen LogP contribution in [0.15, 0.2) is 24.3 Å². The standard InChI is InChI=1S/C17H23N3O3S2/c1-25(22,23)20-11-9-13(10-12-20)18-16(21)7-4-8-17-19-14-5-2-3-6-15(14)24-17/h2-3,5-6,13H,4,7-12H2,1H3,(H,18,21). The van der Waals surface area contributed by atoms with Crippen molar-refractivity contribution in [3.63, 3.8) is 0 Å². The predicted molar refractivity (Wildman–Crippen MR) is 100 cm³/mol. The molecule has 136 valence electrons. The van der Waals surface area contributed by atoms with Gasteiger partial charge < -0.3 is 5.32 Å². The summed E-state index contributed by atoms with van der Waals surface area (Å²) < 4.78 is 25.6. The molecule has 0 atom stereocenters. The van der Waals surface area contributed by atoms with Crippen LogP contribution >= 0.6 is 11.3 Å². The summed E-state index contributed by atoms with van der Waals surface area (Å²) in [6.07, 6.45) is 4.64. The van der Waals surface area contributed by atoms with Crippen LogP contribution in [0.3, 0.4) is 0 Å². The summed E-state index contributed by atoms with van der Waals surface area (Å²) in [6, 6.07) is 8.13. The number of nitrogens with zero attached hydrogens (tertiary/aromatic N) is 2. The van der Waals surface area contributed by atoms with E-state index in [-0.39, 0.29) is 11.9 Å². The van der Waals surface area contributed by atoms with Crippen molar-refractivity contribution in [2.24, 2.45) is 0 Å². The Bertz CT molecular complexity index is 807. The van der Waals surface area contributed by atoms with E-state index in [0.29, 0.717) is 32.4 Å². The van der Waals surface area contributed by atoms with Gasteiger partial charge in [-0.3, -0.25) is 4.79 Å². The SMILES string of the molecule is CS(=O)(=O)N1CCC(NC(=O)CCCc2nc3ccccc3s2)CC1. The van der Waals surface area contributed by atoms with E-state index >= 15 is 0 Å². The summed E-state index contributed by atoms with van der Waals surface area (Å²) in [4.78, 5) is 16.7. The first-order valence-electron chi connectivity index (χ1n) is 8.51. The Kier molecular flexibility index (Phi) is 5.71. The Balaban J connectivity index is 1.40. The third kappa shape index (κ3) is 4.99. The van der Waals surface area contributed by atoms with Gasteiger partial charge in [0.15, 0.2) is 0 Å². The summed E-state index contributed by atoms with van der Waals surface area (Å²) in [5.41, 5.74) is 1.02. The molecule has 1 aliphatic rings. The van der Waals surface area contributed by atoms with Gasteiger partial charge in [-0.1, -0.05) is 12.1 Å². The molecule has 0 aliphatic carbocycles. The maximum Gasteiger partial charge on any atom is 0.220 e. The molecule has 0 spiro atoms. The summed E-state index contributed by atoms with van der Waals surface area (Å²) in [6.45, 7) is 0.963. The summed E-state index contributed by atoms with van der Waals surface area (Å²) in [5, 5.41) is 4.09. The number of piperidine rings is 1. The molecular formula is C17H23N3O3S2. The van der Waals surface area contributed by atoms with Crippen LogP contribution in [-0.2, 0) is 21.2 Å². The number of amides is 1. The zero-order valence-corrected chi connectivity index (χ0v) is 15.9. The number of fused-ring (bicyclic) bond motifs is 1. The minimum absolute atomic E-state index is 0.0407. The molecule has 1 amide bonds. The van der Waals surface area contributed by atoms with E-state index in [0.717, 1.165) is 23.4 Å². The van der Waals surface area contributed by atoms with Crippen LogP contribution < -0.4 is 5.32 Å². The van der Waals surface area contributed by atoms with Crippen LogP contribution in [0.2, 0.25) is 0 Å². The van der Waals surface area contributed by atoms with Crippen molar-refractivity contribution >= 4 is 37.5 Å². The molecule has 1 fully saturated rings. The van der Waals surface area contributed by atoms with Gasteiger partial charge in [0, 0.05) is 25.6 Å². The lowest BCUT2D eigenvalue weighted by molar-refractivity contribution is -0.122. The van der Waals surface area contributed by atoms with Crippen LogP contribution in [-0.4, -0.2) is 49.0 Å². The Morgan fingerprint density at radius 1 is 1.32 bits per heavy atom. The molecule has 1 N–H and O–H groups in total. The molecule has 0 unspecified atom stereocenters. The average molecular weight is 382 g/mol. The third-order valence-electron chi connectivity index (χ3n) is 4.42. The van der Waals surface area contributed by atoms with E-state index in [1.54, 1.807) is 11.3 Å². The van der Waals surface area contributed by atoms with Gasteiger partial charge in [-0.2, -0.15) is 0 Å². The van der Waals surface area contributed by atoms with Gasteiger partial charge in [0.2, 0.25) is 15.9 Å². The quantitative estimate of drug-likeness (QED) is 0.832. The largest absolute Gasteiger partial charge is 0.353 e. The number of carbonyl (C=O) groups excluding carboxylic acids is 1. The number of aryl methyl sites for hydroxylation is 1. The molecule has 2 aromatic rings. The highest BCUT2D eigenvalue weighted by molar-refractivity contribution is 7.88. The highest BCUT2D eigenvalue weighted by atomic mass is 32.2. The lowest BCUT2D eigenvalue weighted by atomic mass is 10.1. The van der Waals surface area contributed by atoms with E-state index in [1.807, 2.05) is 18.2 Å². The molecule has 0 saturated carbocycles.